The molecule has 0 bridgehead atoms. The van der Waals surface area contributed by atoms with Crippen LogP contribution in [0.3, 0.4) is 0 Å². The van der Waals surface area contributed by atoms with Crippen LogP contribution >= 0.6 is 0 Å². The lowest BCUT2D eigenvalue weighted by molar-refractivity contribution is 0.0114. The van der Waals surface area contributed by atoms with Gasteiger partial charge in [0, 0.05) is 19.5 Å². The highest BCUT2D eigenvalue weighted by atomic mass is 19.3. The molecule has 1 aromatic rings. The highest BCUT2D eigenvalue weighted by molar-refractivity contribution is 5.91. The van der Waals surface area contributed by atoms with Gasteiger partial charge in [0.05, 0.1) is 6.54 Å². The Hall–Kier alpha value is -1.49. The Labute approximate surface area is 98.3 Å². The molecule has 2 rings (SSSR count). The van der Waals surface area contributed by atoms with Gasteiger partial charge in [-0.05, 0) is 5.56 Å². The number of hydrogen-bond donors (Lipinski definition) is 1. The van der Waals surface area contributed by atoms with Gasteiger partial charge >= 0.3 is 5.92 Å². The number of alkyl halides is 2. The van der Waals surface area contributed by atoms with Crippen LogP contribution in [0.5, 0.6) is 0 Å². The molecule has 1 N–H and O–H groups in total. The molecule has 1 aromatic carbocycles. The molecule has 0 radical (unpaired) electrons. The van der Waals surface area contributed by atoms with E-state index in [1.807, 2.05) is 30.3 Å². The summed E-state index contributed by atoms with van der Waals surface area (Å²) in [5, 5.41) is 11.2. The van der Waals surface area contributed by atoms with Crippen LogP contribution < -0.4 is 0 Å². The van der Waals surface area contributed by atoms with E-state index in [-0.39, 0.29) is 13.0 Å². The number of nitrogens with zero attached hydrogens (tertiary/aromatic N) is 2. The van der Waals surface area contributed by atoms with E-state index in [4.69, 9.17) is 5.21 Å². The van der Waals surface area contributed by atoms with E-state index in [2.05, 4.69) is 5.16 Å². The van der Waals surface area contributed by atoms with Crippen molar-refractivity contribution in [2.75, 3.05) is 13.1 Å². The number of likely N-dealkylation sites (tertiary alicyclic amines) is 1. The molecule has 1 fully saturated rings. The molecule has 1 heterocycles. The molecule has 1 saturated heterocycles. The molecule has 92 valence electrons. The summed E-state index contributed by atoms with van der Waals surface area (Å²) in [5.74, 6) is -3.03. The van der Waals surface area contributed by atoms with Gasteiger partial charge in [-0.3, -0.25) is 4.90 Å². The Morgan fingerprint density at radius 2 is 2.00 bits per heavy atom. The second-order valence-corrected chi connectivity index (χ2v) is 4.20. The van der Waals surface area contributed by atoms with Crippen molar-refractivity contribution in [3.8, 4) is 0 Å². The molecular formula is C12H14F2N2O. The standard InChI is InChI=1S/C12H14F2N2O/c13-12(14)9-16(7-6-11(12)15-17)8-10-4-2-1-3-5-10/h1-5,17H,6-9H2. The van der Waals surface area contributed by atoms with Crippen molar-refractivity contribution in [3.63, 3.8) is 0 Å². The van der Waals surface area contributed by atoms with E-state index in [0.717, 1.165) is 5.56 Å². The van der Waals surface area contributed by atoms with Crippen LogP contribution in [0.25, 0.3) is 0 Å². The average molecular weight is 240 g/mol. The van der Waals surface area contributed by atoms with Crippen LogP contribution in [0.4, 0.5) is 8.78 Å². The van der Waals surface area contributed by atoms with Crippen LogP contribution in [-0.2, 0) is 6.54 Å². The molecule has 0 aliphatic carbocycles. The van der Waals surface area contributed by atoms with Gasteiger partial charge in [0.2, 0.25) is 0 Å². The topological polar surface area (TPSA) is 35.8 Å². The fraction of sp³-hybridized carbons (Fsp3) is 0.417. The number of halogens is 2. The maximum Gasteiger partial charge on any atom is 0.301 e. The van der Waals surface area contributed by atoms with Gasteiger partial charge in [0.15, 0.2) is 0 Å². The van der Waals surface area contributed by atoms with E-state index in [0.29, 0.717) is 13.1 Å². The van der Waals surface area contributed by atoms with E-state index in [1.54, 1.807) is 4.90 Å². The van der Waals surface area contributed by atoms with E-state index >= 15 is 0 Å². The molecule has 0 amide bonds. The van der Waals surface area contributed by atoms with E-state index in [9.17, 15) is 8.78 Å². The van der Waals surface area contributed by atoms with Gasteiger partial charge in [0.1, 0.15) is 5.71 Å². The molecule has 3 nitrogen and oxygen atoms in total. The normalized spacial score (nSPS) is 22.8. The smallest absolute Gasteiger partial charge is 0.301 e. The molecule has 0 unspecified atom stereocenters. The predicted molar refractivity (Wildman–Crippen MR) is 60.5 cm³/mol. The number of rotatable bonds is 2. The van der Waals surface area contributed by atoms with Gasteiger partial charge in [-0.1, -0.05) is 35.5 Å². The van der Waals surface area contributed by atoms with Crippen LogP contribution in [0.15, 0.2) is 35.5 Å². The highest BCUT2D eigenvalue weighted by Gasteiger charge is 2.41. The van der Waals surface area contributed by atoms with Crippen molar-refractivity contribution in [1.82, 2.24) is 4.90 Å². The minimum Gasteiger partial charge on any atom is -0.411 e. The van der Waals surface area contributed by atoms with E-state index < -0.39 is 11.6 Å². The van der Waals surface area contributed by atoms with Crippen molar-refractivity contribution in [3.05, 3.63) is 35.9 Å². The minimum absolute atomic E-state index is 0.107. The van der Waals surface area contributed by atoms with Crippen molar-refractivity contribution in [2.24, 2.45) is 5.16 Å². The van der Waals surface area contributed by atoms with Gasteiger partial charge < -0.3 is 5.21 Å². The molecule has 0 atom stereocenters. The summed E-state index contributed by atoms with van der Waals surface area (Å²) in [7, 11) is 0. The SMILES string of the molecule is ON=C1CCN(Cc2ccccc2)CC1(F)F. The average Bonchev–Trinajstić information content (AvgIpc) is 2.29. The number of piperidine rings is 1. The number of oxime groups is 1. The minimum atomic E-state index is -3.03. The lowest BCUT2D eigenvalue weighted by Gasteiger charge is -2.32. The Kier molecular flexibility index (Phi) is 3.38. The Morgan fingerprint density at radius 1 is 1.29 bits per heavy atom. The molecule has 1 aliphatic rings. The van der Waals surface area contributed by atoms with E-state index in [1.165, 1.54) is 0 Å². The first-order chi connectivity index (χ1) is 8.12. The Balaban J connectivity index is 2.02. The third-order valence-electron chi connectivity index (χ3n) is 2.88. The molecule has 0 aromatic heterocycles. The largest absolute Gasteiger partial charge is 0.411 e. The second-order valence-electron chi connectivity index (χ2n) is 4.20. The third-order valence-corrected chi connectivity index (χ3v) is 2.88. The van der Waals surface area contributed by atoms with Crippen LogP contribution in [0, 0.1) is 0 Å². The monoisotopic (exact) mass is 240 g/mol. The fourth-order valence-electron chi connectivity index (χ4n) is 2.00. The van der Waals surface area contributed by atoms with Crippen LogP contribution in [-0.4, -0.2) is 34.8 Å². The van der Waals surface area contributed by atoms with Crippen molar-refractivity contribution in [2.45, 2.75) is 18.9 Å². The quantitative estimate of drug-likeness (QED) is 0.636. The lowest BCUT2D eigenvalue weighted by atomic mass is 10.0. The first kappa shape index (κ1) is 12.0. The van der Waals surface area contributed by atoms with Crippen molar-refractivity contribution >= 4 is 5.71 Å². The third kappa shape index (κ3) is 2.79. The molecular weight excluding hydrogens is 226 g/mol. The van der Waals surface area contributed by atoms with Gasteiger partial charge in [-0.2, -0.15) is 8.78 Å². The molecule has 5 heteroatoms. The Bertz CT molecular complexity index is 406. The summed E-state index contributed by atoms with van der Waals surface area (Å²) >= 11 is 0. The summed E-state index contributed by atoms with van der Waals surface area (Å²) < 4.78 is 27.0. The molecule has 1 aliphatic heterocycles. The number of hydrogen-bond acceptors (Lipinski definition) is 3. The lowest BCUT2D eigenvalue weighted by Crippen LogP contribution is -2.48. The van der Waals surface area contributed by atoms with Crippen LogP contribution in [0.2, 0.25) is 0 Å². The summed E-state index contributed by atoms with van der Waals surface area (Å²) in [5.41, 5.74) is 0.592. The maximum atomic E-state index is 13.5. The zero-order valence-electron chi connectivity index (χ0n) is 9.31. The fourth-order valence-corrected chi connectivity index (χ4v) is 2.00. The summed E-state index contributed by atoms with van der Waals surface area (Å²) in [6, 6.07) is 9.49. The molecule has 17 heavy (non-hydrogen) atoms. The predicted octanol–water partition coefficient (Wildman–Crippen LogP) is 2.36. The zero-order chi connectivity index (χ0) is 12.3. The first-order valence-electron chi connectivity index (χ1n) is 5.47. The maximum absolute atomic E-state index is 13.5. The van der Waals surface area contributed by atoms with Crippen molar-refractivity contribution < 1.29 is 14.0 Å². The first-order valence-corrected chi connectivity index (χ1v) is 5.47. The zero-order valence-corrected chi connectivity index (χ0v) is 9.31. The summed E-state index contributed by atoms with van der Waals surface area (Å²) in [6.45, 7) is 0.598. The summed E-state index contributed by atoms with van der Waals surface area (Å²) in [6.07, 6.45) is 0.107. The van der Waals surface area contributed by atoms with Crippen molar-refractivity contribution in [1.29, 1.82) is 0 Å². The van der Waals surface area contributed by atoms with Gasteiger partial charge in [0.25, 0.3) is 0 Å². The molecule has 0 spiro atoms. The Morgan fingerprint density at radius 3 is 2.59 bits per heavy atom. The molecule has 0 saturated carbocycles. The van der Waals surface area contributed by atoms with Gasteiger partial charge in [-0.25, -0.2) is 0 Å². The van der Waals surface area contributed by atoms with Gasteiger partial charge in [-0.15, -0.1) is 0 Å². The number of benzene rings is 1. The highest BCUT2D eigenvalue weighted by Crippen LogP contribution is 2.25. The van der Waals surface area contributed by atoms with Crippen LogP contribution in [0.1, 0.15) is 12.0 Å². The summed E-state index contributed by atoms with van der Waals surface area (Å²) in [4.78, 5) is 1.67. The second kappa shape index (κ2) is 4.79.